The van der Waals surface area contributed by atoms with E-state index in [1.165, 1.54) is 5.56 Å². The van der Waals surface area contributed by atoms with Crippen LogP contribution in [0.4, 0.5) is 17.2 Å². The van der Waals surface area contributed by atoms with Crippen LogP contribution in [0.3, 0.4) is 0 Å². The summed E-state index contributed by atoms with van der Waals surface area (Å²) in [5, 5.41) is 24.4. The van der Waals surface area contributed by atoms with Gasteiger partial charge in [0, 0.05) is 50.6 Å². The molecular formula is C29H28N8O2. The summed E-state index contributed by atoms with van der Waals surface area (Å²) in [5.41, 5.74) is 4.21. The topological polar surface area (TPSA) is 105 Å². The van der Waals surface area contributed by atoms with E-state index in [1.54, 1.807) is 16.9 Å². The first-order valence-corrected chi connectivity index (χ1v) is 12.9. The van der Waals surface area contributed by atoms with Crippen molar-refractivity contribution >= 4 is 28.2 Å². The summed E-state index contributed by atoms with van der Waals surface area (Å²) in [7, 11) is 0. The number of hydrogen-bond donors (Lipinski definition) is 1. The first-order chi connectivity index (χ1) is 19.2. The van der Waals surface area contributed by atoms with E-state index in [0.29, 0.717) is 17.1 Å². The Morgan fingerprint density at radius 1 is 0.897 bits per heavy atom. The van der Waals surface area contributed by atoms with E-state index in [9.17, 15) is 10.1 Å². The Balaban J connectivity index is 1.29. The minimum absolute atomic E-state index is 0.0706. The lowest BCUT2D eigenvalue weighted by Crippen LogP contribution is -2.46. The zero-order valence-corrected chi connectivity index (χ0v) is 21.3. The molecule has 0 bridgehead atoms. The van der Waals surface area contributed by atoms with Crippen LogP contribution in [0.1, 0.15) is 17.3 Å². The Hall–Kier alpha value is -4.83. The standard InChI is InChI=1S/C29H28N8O2/c38-37(39)27-20-23(13-14-26(27)35-18-16-34(17-19-35)21-22-8-2-1-3-9-22)29(31-28-12-6-7-15-30-28)36-25-11-5-4-10-24(25)32-33-36/h1-15,20,29H,16-19,21H2,(H,30,31). The average Bonchev–Trinajstić information content (AvgIpc) is 3.41. The lowest BCUT2D eigenvalue weighted by molar-refractivity contribution is -0.384. The van der Waals surface area contributed by atoms with Crippen molar-refractivity contribution in [2.45, 2.75) is 12.7 Å². The van der Waals surface area contributed by atoms with Gasteiger partial charge in [-0.05, 0) is 35.9 Å². The van der Waals surface area contributed by atoms with Crippen LogP contribution in [0, 0.1) is 10.1 Å². The molecule has 196 valence electrons. The number of nitro groups is 1. The molecular weight excluding hydrogens is 492 g/mol. The van der Waals surface area contributed by atoms with E-state index in [0.717, 1.165) is 43.8 Å². The van der Waals surface area contributed by atoms with Gasteiger partial charge in [0.05, 0.1) is 10.4 Å². The third-order valence-corrected chi connectivity index (χ3v) is 7.05. The second-order valence-corrected chi connectivity index (χ2v) is 9.54. The molecule has 1 aliphatic rings. The number of piperazine rings is 1. The predicted molar refractivity (Wildman–Crippen MR) is 151 cm³/mol. The van der Waals surface area contributed by atoms with Gasteiger partial charge in [0.15, 0.2) is 0 Å². The number of hydrogen-bond acceptors (Lipinski definition) is 8. The van der Waals surface area contributed by atoms with Gasteiger partial charge >= 0.3 is 0 Å². The summed E-state index contributed by atoms with van der Waals surface area (Å²) in [5.74, 6) is 0.628. The normalized spacial score (nSPS) is 14.8. The highest BCUT2D eigenvalue weighted by atomic mass is 16.6. The molecule has 1 aliphatic heterocycles. The number of aromatic nitrogens is 4. The van der Waals surface area contributed by atoms with Crippen molar-refractivity contribution in [3.8, 4) is 0 Å². The molecule has 1 atom stereocenters. The molecule has 1 fully saturated rings. The van der Waals surface area contributed by atoms with Crippen LogP contribution >= 0.6 is 0 Å². The molecule has 10 nitrogen and oxygen atoms in total. The molecule has 0 amide bonds. The van der Waals surface area contributed by atoms with Gasteiger partial charge in [-0.15, -0.1) is 5.10 Å². The first-order valence-electron chi connectivity index (χ1n) is 12.9. The van der Waals surface area contributed by atoms with Gasteiger partial charge in [-0.25, -0.2) is 9.67 Å². The minimum Gasteiger partial charge on any atom is -0.363 e. The molecule has 6 rings (SSSR count). The van der Waals surface area contributed by atoms with Crippen molar-refractivity contribution < 1.29 is 4.92 Å². The highest BCUT2D eigenvalue weighted by Gasteiger charge is 2.27. The molecule has 1 saturated heterocycles. The highest BCUT2D eigenvalue weighted by molar-refractivity contribution is 5.74. The van der Waals surface area contributed by atoms with Gasteiger partial charge in [-0.3, -0.25) is 15.0 Å². The fourth-order valence-electron chi connectivity index (χ4n) is 5.06. The van der Waals surface area contributed by atoms with E-state index in [2.05, 4.69) is 54.7 Å². The van der Waals surface area contributed by atoms with E-state index in [1.807, 2.05) is 60.7 Å². The molecule has 3 heterocycles. The molecule has 0 radical (unpaired) electrons. The number of fused-ring (bicyclic) bond motifs is 1. The lowest BCUT2D eigenvalue weighted by Gasteiger charge is -2.36. The Labute approximate surface area is 225 Å². The molecule has 10 heteroatoms. The van der Waals surface area contributed by atoms with Gasteiger partial charge in [0.25, 0.3) is 5.69 Å². The van der Waals surface area contributed by atoms with Gasteiger partial charge in [-0.2, -0.15) is 0 Å². The number of rotatable bonds is 8. The summed E-state index contributed by atoms with van der Waals surface area (Å²) in [4.78, 5) is 20.9. The first kappa shape index (κ1) is 24.5. The van der Waals surface area contributed by atoms with Crippen LogP contribution < -0.4 is 10.2 Å². The van der Waals surface area contributed by atoms with Crippen LogP contribution in [0.5, 0.6) is 0 Å². The lowest BCUT2D eigenvalue weighted by atomic mass is 10.1. The second-order valence-electron chi connectivity index (χ2n) is 9.54. The monoisotopic (exact) mass is 520 g/mol. The quantitative estimate of drug-likeness (QED) is 0.232. The Morgan fingerprint density at radius 3 is 2.44 bits per heavy atom. The molecule has 1 unspecified atom stereocenters. The molecule has 5 aromatic rings. The third-order valence-electron chi connectivity index (χ3n) is 7.05. The highest BCUT2D eigenvalue weighted by Crippen LogP contribution is 2.34. The maximum absolute atomic E-state index is 12.3. The number of nitro benzene ring substituents is 1. The van der Waals surface area contributed by atoms with Crippen LogP contribution in [0.25, 0.3) is 11.0 Å². The number of benzene rings is 3. The van der Waals surface area contributed by atoms with E-state index in [-0.39, 0.29) is 10.6 Å². The molecule has 3 aromatic carbocycles. The van der Waals surface area contributed by atoms with Crippen LogP contribution in [0.15, 0.2) is 97.2 Å². The second kappa shape index (κ2) is 10.9. The molecule has 2 aromatic heterocycles. The average molecular weight is 521 g/mol. The van der Waals surface area contributed by atoms with E-state index >= 15 is 0 Å². The van der Waals surface area contributed by atoms with Gasteiger partial charge in [0.2, 0.25) is 0 Å². The number of para-hydroxylation sites is 1. The summed E-state index contributed by atoms with van der Waals surface area (Å²) in [6.07, 6.45) is 1.14. The van der Waals surface area contributed by atoms with Crippen molar-refractivity contribution in [1.82, 2.24) is 24.9 Å². The van der Waals surface area contributed by atoms with Crippen LogP contribution in [-0.4, -0.2) is 56.0 Å². The van der Waals surface area contributed by atoms with Crippen molar-refractivity contribution in [2.75, 3.05) is 36.4 Å². The fraction of sp³-hybridized carbons (Fsp3) is 0.207. The van der Waals surface area contributed by atoms with Crippen molar-refractivity contribution in [3.05, 3.63) is 118 Å². The van der Waals surface area contributed by atoms with Crippen molar-refractivity contribution in [3.63, 3.8) is 0 Å². The molecule has 39 heavy (non-hydrogen) atoms. The zero-order valence-electron chi connectivity index (χ0n) is 21.3. The number of anilines is 2. The predicted octanol–water partition coefficient (Wildman–Crippen LogP) is 4.72. The molecule has 0 aliphatic carbocycles. The third kappa shape index (κ3) is 5.27. The zero-order chi connectivity index (χ0) is 26.6. The SMILES string of the molecule is O=[N+]([O-])c1cc(C(Nc2ccccn2)n2nnc3ccccc32)ccc1N1CCN(Cc2ccccc2)CC1. The molecule has 0 saturated carbocycles. The van der Waals surface area contributed by atoms with Gasteiger partial charge in [0.1, 0.15) is 23.2 Å². The number of nitrogens with zero attached hydrogens (tertiary/aromatic N) is 7. The summed E-state index contributed by atoms with van der Waals surface area (Å²) in [6, 6.07) is 29.0. The molecule has 1 N–H and O–H groups in total. The Kier molecular flexibility index (Phi) is 6.84. The van der Waals surface area contributed by atoms with E-state index < -0.39 is 6.17 Å². The minimum atomic E-state index is -0.553. The van der Waals surface area contributed by atoms with Crippen LogP contribution in [0.2, 0.25) is 0 Å². The number of pyridine rings is 1. The van der Waals surface area contributed by atoms with Gasteiger partial charge in [-0.1, -0.05) is 59.8 Å². The smallest absolute Gasteiger partial charge is 0.292 e. The number of nitrogens with one attached hydrogen (secondary N) is 1. The maximum Gasteiger partial charge on any atom is 0.292 e. The molecule has 0 spiro atoms. The largest absolute Gasteiger partial charge is 0.363 e. The fourth-order valence-corrected chi connectivity index (χ4v) is 5.06. The maximum atomic E-state index is 12.3. The Morgan fingerprint density at radius 2 is 1.67 bits per heavy atom. The van der Waals surface area contributed by atoms with Crippen molar-refractivity contribution in [1.29, 1.82) is 0 Å². The summed E-state index contributed by atoms with van der Waals surface area (Å²) >= 11 is 0. The summed E-state index contributed by atoms with van der Waals surface area (Å²) < 4.78 is 1.74. The van der Waals surface area contributed by atoms with Gasteiger partial charge < -0.3 is 10.2 Å². The van der Waals surface area contributed by atoms with Crippen molar-refractivity contribution in [2.24, 2.45) is 0 Å². The summed E-state index contributed by atoms with van der Waals surface area (Å²) in [6.45, 7) is 3.99. The van der Waals surface area contributed by atoms with Crippen LogP contribution in [-0.2, 0) is 6.54 Å². The van der Waals surface area contributed by atoms with E-state index in [4.69, 9.17) is 0 Å². The Bertz CT molecular complexity index is 1570.